The standard InChI is InChI=1S/C23H28N4O4S2/c1-13-9-14(2)21(15(3)10-13)25-23(28)18-7-6-8-27(12-18)33(29,30)20-11-19(32-16(20)4)22-24-17(5)31-26-22/h9-11,18H,6-8,12H2,1-5H3,(H,25,28). The predicted octanol–water partition coefficient (Wildman–Crippen LogP) is 4.38. The number of aromatic nitrogens is 2. The largest absolute Gasteiger partial charge is 0.339 e. The van der Waals surface area contributed by atoms with Gasteiger partial charge < -0.3 is 9.84 Å². The van der Waals surface area contributed by atoms with Crippen molar-refractivity contribution in [1.82, 2.24) is 14.4 Å². The van der Waals surface area contributed by atoms with Crippen molar-refractivity contribution in [3.63, 3.8) is 0 Å². The van der Waals surface area contributed by atoms with E-state index in [1.54, 1.807) is 19.9 Å². The summed E-state index contributed by atoms with van der Waals surface area (Å²) in [6.07, 6.45) is 1.28. The molecule has 1 N–H and O–H groups in total. The van der Waals surface area contributed by atoms with E-state index in [2.05, 4.69) is 15.5 Å². The van der Waals surface area contributed by atoms with Crippen LogP contribution in [-0.4, -0.2) is 41.9 Å². The minimum atomic E-state index is -3.76. The average molecular weight is 489 g/mol. The number of nitrogens with zero attached hydrogens (tertiary/aromatic N) is 3. The normalized spacial score (nSPS) is 17.3. The highest BCUT2D eigenvalue weighted by atomic mass is 32.2. The number of nitrogens with one attached hydrogen (secondary N) is 1. The van der Waals surface area contributed by atoms with Crippen molar-refractivity contribution in [3.8, 4) is 10.7 Å². The Balaban J connectivity index is 1.53. The van der Waals surface area contributed by atoms with Crippen LogP contribution >= 0.6 is 11.3 Å². The molecule has 176 valence electrons. The summed E-state index contributed by atoms with van der Waals surface area (Å²) in [4.78, 5) is 18.8. The molecule has 10 heteroatoms. The van der Waals surface area contributed by atoms with E-state index in [9.17, 15) is 13.2 Å². The summed E-state index contributed by atoms with van der Waals surface area (Å²) < 4.78 is 33.4. The van der Waals surface area contributed by atoms with Crippen LogP contribution in [0.15, 0.2) is 27.6 Å². The van der Waals surface area contributed by atoms with E-state index in [-0.39, 0.29) is 17.3 Å². The minimum Gasteiger partial charge on any atom is -0.339 e. The van der Waals surface area contributed by atoms with Gasteiger partial charge in [-0.15, -0.1) is 11.3 Å². The molecule has 33 heavy (non-hydrogen) atoms. The summed E-state index contributed by atoms with van der Waals surface area (Å²) in [5, 5.41) is 6.93. The Morgan fingerprint density at radius 1 is 1.15 bits per heavy atom. The molecule has 3 aromatic rings. The molecule has 8 nitrogen and oxygen atoms in total. The molecule has 2 aromatic heterocycles. The summed E-state index contributed by atoms with van der Waals surface area (Å²) in [6.45, 7) is 9.96. The first-order chi connectivity index (χ1) is 15.6. The molecule has 1 unspecified atom stereocenters. The molecule has 1 saturated heterocycles. The van der Waals surface area contributed by atoms with Gasteiger partial charge in [-0.3, -0.25) is 4.79 Å². The van der Waals surface area contributed by atoms with Gasteiger partial charge in [0.05, 0.1) is 15.7 Å². The number of anilines is 1. The maximum Gasteiger partial charge on any atom is 0.244 e. The molecule has 0 spiro atoms. The number of carbonyl (C=O) groups excluding carboxylic acids is 1. The first kappa shape index (κ1) is 23.6. The van der Waals surface area contributed by atoms with Crippen LogP contribution in [0.2, 0.25) is 0 Å². The van der Waals surface area contributed by atoms with Crippen LogP contribution in [0.1, 0.15) is 40.3 Å². The van der Waals surface area contributed by atoms with Gasteiger partial charge in [-0.25, -0.2) is 8.42 Å². The van der Waals surface area contributed by atoms with E-state index < -0.39 is 15.9 Å². The van der Waals surface area contributed by atoms with Gasteiger partial charge in [0.15, 0.2) is 0 Å². The van der Waals surface area contributed by atoms with Crippen LogP contribution in [-0.2, 0) is 14.8 Å². The molecule has 0 aliphatic carbocycles. The van der Waals surface area contributed by atoms with Crippen LogP contribution in [0.4, 0.5) is 5.69 Å². The van der Waals surface area contributed by atoms with Gasteiger partial charge in [0.25, 0.3) is 0 Å². The SMILES string of the molecule is Cc1cc(C)c(NC(=O)C2CCCN(S(=O)(=O)c3cc(-c4noc(C)n4)sc3C)C2)c(C)c1. The van der Waals surface area contributed by atoms with Crippen LogP contribution in [0, 0.1) is 40.5 Å². The number of piperidine rings is 1. The number of benzene rings is 1. The fourth-order valence-electron chi connectivity index (χ4n) is 4.35. The zero-order chi connectivity index (χ0) is 23.9. The molecular weight excluding hydrogens is 460 g/mol. The van der Waals surface area contributed by atoms with Crippen molar-refractivity contribution in [1.29, 1.82) is 0 Å². The lowest BCUT2D eigenvalue weighted by Crippen LogP contribution is -2.43. The molecule has 1 fully saturated rings. The van der Waals surface area contributed by atoms with E-state index in [0.29, 0.717) is 40.9 Å². The number of thiophene rings is 1. The third-order valence-corrected chi connectivity index (χ3v) is 9.09. The molecular formula is C23H28N4O4S2. The summed E-state index contributed by atoms with van der Waals surface area (Å²) in [7, 11) is -3.76. The number of carbonyl (C=O) groups is 1. The highest BCUT2D eigenvalue weighted by Gasteiger charge is 2.35. The highest BCUT2D eigenvalue weighted by Crippen LogP contribution is 2.35. The zero-order valence-corrected chi connectivity index (χ0v) is 21.1. The molecule has 0 radical (unpaired) electrons. The molecule has 1 aromatic carbocycles. The van der Waals surface area contributed by atoms with Gasteiger partial charge in [0, 0.05) is 30.6 Å². The quantitative estimate of drug-likeness (QED) is 0.571. The van der Waals surface area contributed by atoms with E-state index in [0.717, 1.165) is 22.4 Å². The second kappa shape index (κ2) is 9.00. The van der Waals surface area contributed by atoms with Gasteiger partial charge in [-0.05, 0) is 57.7 Å². The molecule has 1 aliphatic rings. The van der Waals surface area contributed by atoms with Crippen molar-refractivity contribution in [3.05, 3.63) is 45.7 Å². The van der Waals surface area contributed by atoms with Gasteiger partial charge in [-0.1, -0.05) is 22.9 Å². The van der Waals surface area contributed by atoms with E-state index in [1.165, 1.54) is 15.6 Å². The van der Waals surface area contributed by atoms with Crippen LogP contribution in [0.3, 0.4) is 0 Å². The predicted molar refractivity (Wildman–Crippen MR) is 128 cm³/mol. The van der Waals surface area contributed by atoms with E-state index in [1.807, 2.05) is 32.9 Å². The van der Waals surface area contributed by atoms with Gasteiger partial charge in [-0.2, -0.15) is 9.29 Å². The number of hydrogen-bond donors (Lipinski definition) is 1. The molecule has 1 amide bonds. The maximum atomic E-state index is 13.5. The highest BCUT2D eigenvalue weighted by molar-refractivity contribution is 7.89. The Labute approximate surface area is 198 Å². The molecule has 0 saturated carbocycles. The lowest BCUT2D eigenvalue weighted by Gasteiger charge is -2.31. The summed E-state index contributed by atoms with van der Waals surface area (Å²) >= 11 is 1.31. The van der Waals surface area contributed by atoms with Gasteiger partial charge in [0.2, 0.25) is 27.6 Å². The van der Waals surface area contributed by atoms with Crippen molar-refractivity contribution in [2.75, 3.05) is 18.4 Å². The van der Waals surface area contributed by atoms with Crippen molar-refractivity contribution in [2.24, 2.45) is 5.92 Å². The van der Waals surface area contributed by atoms with Crippen molar-refractivity contribution in [2.45, 2.75) is 52.4 Å². The summed E-state index contributed by atoms with van der Waals surface area (Å²) in [5.74, 6) is 0.244. The first-order valence-electron chi connectivity index (χ1n) is 10.9. The fourth-order valence-corrected chi connectivity index (χ4v) is 7.36. The Kier molecular flexibility index (Phi) is 6.43. The van der Waals surface area contributed by atoms with Crippen molar-refractivity contribution >= 4 is 33.0 Å². The second-order valence-corrected chi connectivity index (χ2v) is 11.8. The van der Waals surface area contributed by atoms with Crippen molar-refractivity contribution < 1.29 is 17.7 Å². The van der Waals surface area contributed by atoms with Crippen LogP contribution in [0.25, 0.3) is 10.7 Å². The third-order valence-electron chi connectivity index (χ3n) is 5.92. The summed E-state index contributed by atoms with van der Waals surface area (Å²) in [5.41, 5.74) is 3.94. The average Bonchev–Trinajstić information content (AvgIpc) is 3.36. The Bertz CT molecular complexity index is 1290. The Morgan fingerprint density at radius 2 is 1.85 bits per heavy atom. The number of rotatable bonds is 5. The monoisotopic (exact) mass is 488 g/mol. The maximum absolute atomic E-state index is 13.5. The lowest BCUT2D eigenvalue weighted by atomic mass is 9.98. The molecule has 3 heterocycles. The smallest absolute Gasteiger partial charge is 0.244 e. The molecule has 1 atom stereocenters. The molecule has 1 aliphatic heterocycles. The number of hydrogen-bond acceptors (Lipinski definition) is 7. The van der Waals surface area contributed by atoms with Gasteiger partial charge in [0.1, 0.15) is 0 Å². The minimum absolute atomic E-state index is 0.144. The number of amides is 1. The lowest BCUT2D eigenvalue weighted by molar-refractivity contribution is -0.120. The topological polar surface area (TPSA) is 105 Å². The number of aryl methyl sites for hydroxylation is 5. The van der Waals surface area contributed by atoms with Crippen LogP contribution < -0.4 is 5.32 Å². The zero-order valence-electron chi connectivity index (χ0n) is 19.4. The molecule has 0 bridgehead atoms. The van der Waals surface area contributed by atoms with E-state index >= 15 is 0 Å². The van der Waals surface area contributed by atoms with Crippen LogP contribution in [0.5, 0.6) is 0 Å². The van der Waals surface area contributed by atoms with E-state index in [4.69, 9.17) is 4.52 Å². The van der Waals surface area contributed by atoms with Gasteiger partial charge >= 0.3 is 0 Å². The Morgan fingerprint density at radius 3 is 2.48 bits per heavy atom. The third kappa shape index (κ3) is 4.73. The molecule has 4 rings (SSSR count). The fraction of sp³-hybridized carbons (Fsp3) is 0.435. The summed E-state index contributed by atoms with van der Waals surface area (Å²) in [6, 6.07) is 5.66. The second-order valence-electron chi connectivity index (χ2n) is 8.63. The first-order valence-corrected chi connectivity index (χ1v) is 13.1. The number of sulfonamides is 1. The Hall–Kier alpha value is -2.56.